The van der Waals surface area contributed by atoms with Crippen molar-refractivity contribution >= 4 is 5.91 Å². The van der Waals surface area contributed by atoms with Gasteiger partial charge in [-0.1, -0.05) is 0 Å². The summed E-state index contributed by atoms with van der Waals surface area (Å²) in [5.41, 5.74) is 5.58. The number of carbonyl (C=O) groups excluding carboxylic acids is 1. The smallest absolute Gasteiger partial charge is 0.220 e. The van der Waals surface area contributed by atoms with Gasteiger partial charge in [0.25, 0.3) is 0 Å². The molecule has 0 aliphatic rings. The average Bonchev–Trinajstić information content (AvgIpc) is 2.16. The fraction of sp³-hybridized carbons (Fsp3) is 0.889. The summed E-state index contributed by atoms with van der Waals surface area (Å²) in [6.45, 7) is 5.19. The molecule has 84 valence electrons. The van der Waals surface area contributed by atoms with E-state index in [9.17, 15) is 4.79 Å². The first-order valence-corrected chi connectivity index (χ1v) is 4.92. The predicted molar refractivity (Wildman–Crippen MR) is 53.5 cm³/mol. The largest absolute Gasteiger partial charge is 0.356 e. The van der Waals surface area contributed by atoms with Crippen molar-refractivity contribution in [1.82, 2.24) is 5.32 Å². The van der Waals surface area contributed by atoms with Gasteiger partial charge in [-0.25, -0.2) is 0 Å². The number of hydrogen-bond donors (Lipinski definition) is 2. The van der Waals surface area contributed by atoms with Crippen molar-refractivity contribution in [3.05, 3.63) is 0 Å². The van der Waals surface area contributed by atoms with Crippen LogP contribution in [-0.4, -0.2) is 32.1 Å². The van der Waals surface area contributed by atoms with E-state index in [0.717, 1.165) is 0 Å². The number of nitrogens with one attached hydrogen (secondary N) is 1. The molecule has 14 heavy (non-hydrogen) atoms. The zero-order valence-corrected chi connectivity index (χ0v) is 8.91. The summed E-state index contributed by atoms with van der Waals surface area (Å²) in [6.07, 6.45) is 0.476. The molecule has 0 rings (SSSR count). The van der Waals surface area contributed by atoms with E-state index < -0.39 is 6.23 Å². The number of nitrogens with two attached hydrogens (primary N) is 1. The highest BCUT2D eigenvalue weighted by Crippen LogP contribution is 1.96. The van der Waals surface area contributed by atoms with Gasteiger partial charge < -0.3 is 20.5 Å². The Bertz CT molecular complexity index is 153. The van der Waals surface area contributed by atoms with Gasteiger partial charge in [-0.15, -0.1) is 0 Å². The van der Waals surface area contributed by atoms with Crippen molar-refractivity contribution in [2.75, 3.05) is 19.9 Å². The van der Waals surface area contributed by atoms with Gasteiger partial charge >= 0.3 is 0 Å². The van der Waals surface area contributed by atoms with E-state index >= 15 is 0 Å². The number of hydrogen-bond acceptors (Lipinski definition) is 4. The Morgan fingerprint density at radius 3 is 2.79 bits per heavy atom. The minimum atomic E-state index is -0.427. The van der Waals surface area contributed by atoms with Crippen molar-refractivity contribution < 1.29 is 14.3 Å². The van der Waals surface area contributed by atoms with Crippen LogP contribution >= 0.6 is 0 Å². The third kappa shape index (κ3) is 7.97. The van der Waals surface area contributed by atoms with E-state index in [1.807, 2.05) is 13.8 Å². The number of ether oxygens (including phenoxy) is 2. The SMILES string of the molecule is CCNC(=O)CCC(N)OCOCC. The molecule has 1 atom stereocenters. The minimum Gasteiger partial charge on any atom is -0.356 e. The normalized spacial score (nSPS) is 12.5. The highest BCUT2D eigenvalue weighted by atomic mass is 16.7. The monoisotopic (exact) mass is 204 g/mol. The number of carbonyl (C=O) groups is 1. The molecule has 3 N–H and O–H groups in total. The van der Waals surface area contributed by atoms with Gasteiger partial charge in [0.05, 0.1) is 0 Å². The van der Waals surface area contributed by atoms with Crippen LogP contribution in [0.4, 0.5) is 0 Å². The van der Waals surface area contributed by atoms with Crippen LogP contribution < -0.4 is 11.1 Å². The molecule has 0 saturated heterocycles. The third-order valence-corrected chi connectivity index (χ3v) is 1.60. The molecular formula is C9H20N2O3. The van der Waals surface area contributed by atoms with E-state index in [2.05, 4.69) is 5.32 Å². The zero-order chi connectivity index (χ0) is 10.8. The van der Waals surface area contributed by atoms with Gasteiger partial charge in [0, 0.05) is 19.6 Å². The van der Waals surface area contributed by atoms with Crippen molar-refractivity contribution in [2.24, 2.45) is 5.73 Å². The summed E-state index contributed by atoms with van der Waals surface area (Å²) in [5, 5.41) is 2.69. The number of amides is 1. The van der Waals surface area contributed by atoms with Crippen molar-refractivity contribution in [3.63, 3.8) is 0 Å². The summed E-state index contributed by atoms with van der Waals surface area (Å²) < 4.78 is 10.0. The van der Waals surface area contributed by atoms with Crippen LogP contribution in [0.3, 0.4) is 0 Å². The lowest BCUT2D eigenvalue weighted by atomic mass is 10.3. The van der Waals surface area contributed by atoms with Crippen LogP contribution in [0.15, 0.2) is 0 Å². The summed E-state index contributed by atoms with van der Waals surface area (Å²) in [6, 6.07) is 0. The van der Waals surface area contributed by atoms with Crippen LogP contribution in [0.2, 0.25) is 0 Å². The zero-order valence-electron chi connectivity index (χ0n) is 8.91. The van der Waals surface area contributed by atoms with Gasteiger partial charge in [0.2, 0.25) is 5.91 Å². The maximum absolute atomic E-state index is 11.0. The molecule has 0 aliphatic heterocycles. The van der Waals surface area contributed by atoms with Gasteiger partial charge in [-0.3, -0.25) is 4.79 Å². The molecule has 0 bridgehead atoms. The van der Waals surface area contributed by atoms with E-state index in [1.165, 1.54) is 0 Å². The Balaban J connectivity index is 3.33. The van der Waals surface area contributed by atoms with Gasteiger partial charge in [0.15, 0.2) is 0 Å². The molecular weight excluding hydrogens is 184 g/mol. The Morgan fingerprint density at radius 1 is 1.50 bits per heavy atom. The fourth-order valence-electron chi connectivity index (χ4n) is 0.861. The Labute approximate surface area is 84.9 Å². The average molecular weight is 204 g/mol. The Kier molecular flexibility index (Phi) is 8.51. The maximum Gasteiger partial charge on any atom is 0.220 e. The van der Waals surface area contributed by atoms with Crippen molar-refractivity contribution in [3.8, 4) is 0 Å². The Morgan fingerprint density at radius 2 is 2.21 bits per heavy atom. The van der Waals surface area contributed by atoms with Crippen LogP contribution in [0.5, 0.6) is 0 Å². The summed E-state index contributed by atoms with van der Waals surface area (Å²) in [5.74, 6) is 0.00274. The molecule has 5 nitrogen and oxygen atoms in total. The second kappa shape index (κ2) is 8.93. The Hall–Kier alpha value is -0.650. The molecule has 1 amide bonds. The first-order valence-electron chi connectivity index (χ1n) is 4.92. The molecule has 0 aromatic carbocycles. The molecule has 5 heteroatoms. The third-order valence-electron chi connectivity index (χ3n) is 1.60. The topological polar surface area (TPSA) is 73.6 Å². The van der Waals surface area contributed by atoms with E-state index in [0.29, 0.717) is 26.0 Å². The first-order chi connectivity index (χ1) is 6.70. The molecule has 0 radical (unpaired) electrons. The fourth-order valence-corrected chi connectivity index (χ4v) is 0.861. The molecule has 0 aliphatic carbocycles. The first kappa shape index (κ1) is 13.4. The second-order valence-corrected chi connectivity index (χ2v) is 2.81. The quantitative estimate of drug-likeness (QED) is 0.437. The summed E-state index contributed by atoms with van der Waals surface area (Å²) in [4.78, 5) is 11.0. The summed E-state index contributed by atoms with van der Waals surface area (Å²) >= 11 is 0. The van der Waals surface area contributed by atoms with Crippen molar-refractivity contribution in [1.29, 1.82) is 0 Å². The maximum atomic E-state index is 11.0. The standard InChI is InChI=1S/C9H20N2O3/c1-3-11-9(12)6-5-8(10)14-7-13-4-2/h8H,3-7,10H2,1-2H3,(H,11,12). The lowest BCUT2D eigenvalue weighted by Crippen LogP contribution is -2.29. The van der Waals surface area contributed by atoms with Crippen LogP contribution in [0, 0.1) is 0 Å². The van der Waals surface area contributed by atoms with E-state index in [4.69, 9.17) is 15.2 Å². The van der Waals surface area contributed by atoms with Crippen LogP contribution in [-0.2, 0) is 14.3 Å². The van der Waals surface area contributed by atoms with E-state index in [-0.39, 0.29) is 12.7 Å². The van der Waals surface area contributed by atoms with Crippen LogP contribution in [0.25, 0.3) is 0 Å². The summed E-state index contributed by atoms with van der Waals surface area (Å²) in [7, 11) is 0. The molecule has 0 spiro atoms. The van der Waals surface area contributed by atoms with Crippen LogP contribution in [0.1, 0.15) is 26.7 Å². The molecule has 0 aromatic heterocycles. The number of rotatable bonds is 8. The lowest BCUT2D eigenvalue weighted by molar-refractivity contribution is -0.123. The van der Waals surface area contributed by atoms with Gasteiger partial charge in [-0.2, -0.15) is 0 Å². The molecule has 0 fully saturated rings. The predicted octanol–water partition coefficient (Wildman–Crippen LogP) is 0.198. The highest BCUT2D eigenvalue weighted by molar-refractivity contribution is 5.75. The molecule has 1 unspecified atom stereocenters. The molecule has 0 heterocycles. The molecule has 0 saturated carbocycles. The minimum absolute atomic E-state index is 0.00274. The van der Waals surface area contributed by atoms with Gasteiger partial charge in [-0.05, 0) is 20.3 Å². The lowest BCUT2D eigenvalue weighted by Gasteiger charge is -2.12. The van der Waals surface area contributed by atoms with Crippen molar-refractivity contribution in [2.45, 2.75) is 32.9 Å². The molecule has 0 aromatic rings. The van der Waals surface area contributed by atoms with E-state index in [1.54, 1.807) is 0 Å². The van der Waals surface area contributed by atoms with Gasteiger partial charge in [0.1, 0.15) is 13.0 Å². The second-order valence-electron chi connectivity index (χ2n) is 2.81. The highest BCUT2D eigenvalue weighted by Gasteiger charge is 2.05.